The molecule has 0 aliphatic carbocycles. The number of ether oxygens (including phenoxy) is 2. The van der Waals surface area contributed by atoms with E-state index in [2.05, 4.69) is 74.4 Å². The lowest BCUT2D eigenvalue weighted by Crippen LogP contribution is -2.29. The number of benzene rings is 2. The summed E-state index contributed by atoms with van der Waals surface area (Å²) in [7, 11) is 1.78. The second-order valence-corrected chi connectivity index (χ2v) is 9.98. The number of nitrogens with zero attached hydrogens (tertiary/aromatic N) is 4. The van der Waals surface area contributed by atoms with Gasteiger partial charge in [-0.05, 0) is 74.4 Å². The molecule has 4 rings (SSSR count). The maximum Gasteiger partial charge on any atom is 0.488 e. The smallest absolute Gasteiger partial charge is 0.488 e. The van der Waals surface area contributed by atoms with Crippen molar-refractivity contribution in [1.29, 1.82) is 0 Å². The second kappa shape index (κ2) is 15.2. The third-order valence-corrected chi connectivity index (χ3v) is 5.98. The van der Waals surface area contributed by atoms with Crippen molar-refractivity contribution in [2.24, 2.45) is 0 Å². The first-order chi connectivity index (χ1) is 17.1. The summed E-state index contributed by atoms with van der Waals surface area (Å²) in [4.78, 5) is 16.3. The Labute approximate surface area is 241 Å². The highest BCUT2D eigenvalue weighted by atomic mass is 127. The molecule has 2 aromatic heterocycles. The van der Waals surface area contributed by atoms with Gasteiger partial charge in [-0.1, -0.05) is 24.3 Å². The van der Waals surface area contributed by atoms with Crippen LogP contribution in [0.1, 0.15) is 11.1 Å². The predicted molar refractivity (Wildman–Crippen MR) is 156 cm³/mol. The lowest BCUT2D eigenvalue weighted by molar-refractivity contribution is 0.409. The van der Waals surface area contributed by atoms with Crippen molar-refractivity contribution in [3.8, 4) is 22.9 Å². The van der Waals surface area contributed by atoms with Crippen LogP contribution in [0.15, 0.2) is 70.1 Å². The van der Waals surface area contributed by atoms with E-state index in [-0.39, 0.29) is 0 Å². The molecule has 12 heteroatoms. The molecule has 0 saturated carbocycles. The maximum atomic E-state index is 8.83. The molecule has 2 N–H and O–H groups in total. The molecule has 2 heterocycles. The molecule has 0 amide bonds. The van der Waals surface area contributed by atoms with Gasteiger partial charge in [-0.25, -0.2) is 19.9 Å². The molecule has 0 aliphatic heterocycles. The number of methoxy groups -OCH3 is 2. The summed E-state index contributed by atoms with van der Waals surface area (Å²) in [6.07, 6.45) is 6.90. The highest BCUT2D eigenvalue weighted by Gasteiger charge is 2.12. The average Bonchev–Trinajstić information content (AvgIpc) is 2.87. The van der Waals surface area contributed by atoms with E-state index in [9.17, 15) is 0 Å². The molecule has 0 unspecified atom stereocenters. The molecule has 0 aliphatic rings. The monoisotopic (exact) mass is 728 g/mol. The zero-order chi connectivity index (χ0) is 26.7. The van der Waals surface area contributed by atoms with Crippen molar-refractivity contribution in [2.45, 2.75) is 13.8 Å². The first kappa shape index (κ1) is 30.1. The summed E-state index contributed by atoms with van der Waals surface area (Å²) >= 11 is 8.58. The minimum atomic E-state index is -1.43. The SMILES string of the molecule is Brc1cnc(I)nc1.COc1cc(-c2ncc(Br)cn2)ccc1C.COc1cc(B(O)O)ccc1C. The van der Waals surface area contributed by atoms with E-state index in [1.165, 1.54) is 0 Å². The molecule has 2 aromatic carbocycles. The van der Waals surface area contributed by atoms with Crippen LogP contribution in [0, 0.1) is 17.7 Å². The van der Waals surface area contributed by atoms with Crippen LogP contribution in [0.3, 0.4) is 0 Å². The zero-order valence-corrected chi connectivity index (χ0v) is 25.3. The molecule has 4 aromatic rings. The molecule has 0 bridgehead atoms. The van der Waals surface area contributed by atoms with E-state index in [0.717, 1.165) is 35.2 Å². The quantitative estimate of drug-likeness (QED) is 0.176. The van der Waals surface area contributed by atoms with Crippen molar-refractivity contribution in [1.82, 2.24) is 19.9 Å². The third kappa shape index (κ3) is 9.73. The van der Waals surface area contributed by atoms with E-state index in [4.69, 9.17) is 19.5 Å². The lowest BCUT2D eigenvalue weighted by atomic mass is 9.80. The van der Waals surface area contributed by atoms with Crippen LogP contribution in [-0.4, -0.2) is 51.3 Å². The van der Waals surface area contributed by atoms with Gasteiger partial charge < -0.3 is 19.5 Å². The standard InChI is InChI=1S/C12H11BrN2O.C8H11BO3.C4H2BrIN2/c1-8-3-4-9(5-11(8)16-2)12-14-6-10(13)7-15-12;1-6-3-4-7(9(10)11)5-8(6)12-2;5-3-1-7-4(6)8-2-3/h3-7H,1-2H3;3-5,10-11H,1-2H3;1-2H. The van der Waals surface area contributed by atoms with Crippen LogP contribution in [0.5, 0.6) is 11.5 Å². The van der Waals surface area contributed by atoms with E-state index < -0.39 is 7.12 Å². The summed E-state index contributed by atoms with van der Waals surface area (Å²) in [6.45, 7) is 3.90. The highest BCUT2D eigenvalue weighted by molar-refractivity contribution is 14.1. The van der Waals surface area contributed by atoms with Crippen molar-refractivity contribution in [3.63, 3.8) is 0 Å². The van der Waals surface area contributed by atoms with E-state index in [1.54, 1.807) is 57.2 Å². The Morgan fingerprint density at radius 3 is 1.69 bits per heavy atom. The maximum absolute atomic E-state index is 8.83. The number of aromatic nitrogens is 4. The molecule has 188 valence electrons. The van der Waals surface area contributed by atoms with Gasteiger partial charge >= 0.3 is 7.12 Å². The van der Waals surface area contributed by atoms with Gasteiger partial charge in [0.15, 0.2) is 9.66 Å². The predicted octanol–water partition coefficient (Wildman–Crippen LogP) is 4.75. The molecule has 0 atom stereocenters. The van der Waals surface area contributed by atoms with E-state index >= 15 is 0 Å². The van der Waals surface area contributed by atoms with Crippen LogP contribution in [0.25, 0.3) is 11.4 Å². The number of rotatable bonds is 4. The Balaban J connectivity index is 0.000000202. The lowest BCUT2D eigenvalue weighted by Gasteiger charge is -2.06. The summed E-state index contributed by atoms with van der Waals surface area (Å²) in [5.74, 6) is 2.21. The zero-order valence-electron chi connectivity index (χ0n) is 20.0. The summed E-state index contributed by atoms with van der Waals surface area (Å²) in [5.41, 5.74) is 3.47. The van der Waals surface area contributed by atoms with Gasteiger partial charge in [0, 0.05) is 52.9 Å². The molecule has 0 saturated heterocycles. The van der Waals surface area contributed by atoms with Gasteiger partial charge in [-0.3, -0.25) is 0 Å². The fraction of sp³-hybridized carbons (Fsp3) is 0.167. The second-order valence-electron chi connectivity index (χ2n) is 7.18. The normalized spacial score (nSPS) is 9.81. The van der Waals surface area contributed by atoms with Crippen LogP contribution >= 0.6 is 54.5 Å². The molecule has 0 spiro atoms. The summed E-state index contributed by atoms with van der Waals surface area (Å²) in [6, 6.07) is 11.0. The summed E-state index contributed by atoms with van der Waals surface area (Å²) < 4.78 is 12.8. The highest BCUT2D eigenvalue weighted by Crippen LogP contribution is 2.24. The largest absolute Gasteiger partial charge is 0.497 e. The number of hydrogen-bond acceptors (Lipinski definition) is 8. The fourth-order valence-electron chi connectivity index (χ4n) is 2.71. The minimum Gasteiger partial charge on any atom is -0.497 e. The van der Waals surface area contributed by atoms with Crippen LogP contribution in [0.4, 0.5) is 0 Å². The van der Waals surface area contributed by atoms with Crippen molar-refractivity contribution < 1.29 is 19.5 Å². The van der Waals surface area contributed by atoms with E-state index in [0.29, 0.717) is 17.0 Å². The van der Waals surface area contributed by atoms with Crippen LogP contribution in [0.2, 0.25) is 0 Å². The van der Waals surface area contributed by atoms with Gasteiger partial charge in [-0.2, -0.15) is 0 Å². The van der Waals surface area contributed by atoms with Gasteiger partial charge in [0.25, 0.3) is 0 Å². The Hall–Kier alpha value is -2.13. The van der Waals surface area contributed by atoms with Gasteiger partial charge in [-0.15, -0.1) is 0 Å². The Bertz CT molecular complexity index is 1230. The topological polar surface area (TPSA) is 110 Å². The average molecular weight is 730 g/mol. The Morgan fingerprint density at radius 2 is 1.22 bits per heavy atom. The summed E-state index contributed by atoms with van der Waals surface area (Å²) in [5, 5.41) is 17.7. The molecule has 0 radical (unpaired) electrons. The van der Waals surface area contributed by atoms with Crippen molar-refractivity contribution in [2.75, 3.05) is 14.2 Å². The number of hydrogen-bond donors (Lipinski definition) is 2. The molecular weight excluding hydrogens is 706 g/mol. The van der Waals surface area contributed by atoms with Gasteiger partial charge in [0.05, 0.1) is 23.2 Å². The fourth-order valence-corrected chi connectivity index (χ4v) is 3.40. The minimum absolute atomic E-state index is 0.442. The number of halogens is 3. The van der Waals surface area contributed by atoms with Crippen molar-refractivity contribution in [3.05, 3.63) is 85.1 Å². The van der Waals surface area contributed by atoms with Crippen molar-refractivity contribution >= 4 is 67.0 Å². The van der Waals surface area contributed by atoms with Gasteiger partial charge in [0.1, 0.15) is 11.5 Å². The molecular formula is C24H24BBr2IN4O4. The third-order valence-electron chi connectivity index (χ3n) is 4.61. The molecule has 0 fully saturated rings. The molecule has 36 heavy (non-hydrogen) atoms. The van der Waals surface area contributed by atoms with Gasteiger partial charge in [0.2, 0.25) is 0 Å². The Morgan fingerprint density at radius 1 is 0.750 bits per heavy atom. The van der Waals surface area contributed by atoms with Crippen LogP contribution in [-0.2, 0) is 0 Å². The Kier molecular flexibility index (Phi) is 12.7. The van der Waals surface area contributed by atoms with Crippen LogP contribution < -0.4 is 14.9 Å². The first-order valence-corrected chi connectivity index (χ1v) is 13.1. The van der Waals surface area contributed by atoms with E-state index in [1.807, 2.05) is 32.0 Å². The first-order valence-electron chi connectivity index (χ1n) is 10.4. The number of aryl methyl sites for hydroxylation is 2. The molecule has 8 nitrogen and oxygen atoms in total.